The van der Waals surface area contributed by atoms with Crippen LogP contribution < -0.4 is 5.73 Å². The number of aliphatic imine (C=N–C) groups is 1. The molecule has 0 unspecified atom stereocenters. The van der Waals surface area contributed by atoms with Crippen LogP contribution in [0, 0.1) is 5.92 Å². The third kappa shape index (κ3) is 4.30. The lowest BCUT2D eigenvalue weighted by Crippen LogP contribution is -2.26. The van der Waals surface area contributed by atoms with Gasteiger partial charge >= 0.3 is 0 Å². The van der Waals surface area contributed by atoms with E-state index < -0.39 is 0 Å². The van der Waals surface area contributed by atoms with Gasteiger partial charge < -0.3 is 10.6 Å². The minimum Gasteiger partial charge on any atom is -0.387 e. The van der Waals surface area contributed by atoms with Crippen molar-refractivity contribution in [1.29, 1.82) is 0 Å². The summed E-state index contributed by atoms with van der Waals surface area (Å²) < 4.78 is 0. The first kappa shape index (κ1) is 12.9. The van der Waals surface area contributed by atoms with Crippen molar-refractivity contribution in [3.63, 3.8) is 0 Å². The normalized spacial score (nSPS) is 24.4. The van der Waals surface area contributed by atoms with Gasteiger partial charge in [-0.1, -0.05) is 19.3 Å². The monoisotopic (exact) mass is 237 g/mol. The highest BCUT2D eigenvalue weighted by Gasteiger charge is 2.16. The van der Waals surface area contributed by atoms with Crippen LogP contribution in [-0.4, -0.2) is 36.9 Å². The topological polar surface area (TPSA) is 41.6 Å². The van der Waals surface area contributed by atoms with E-state index in [1.54, 1.807) is 0 Å². The number of hydrogen-bond acceptors (Lipinski definition) is 2. The number of likely N-dealkylation sites (tertiary alicyclic amines) is 1. The van der Waals surface area contributed by atoms with Crippen molar-refractivity contribution in [3.8, 4) is 0 Å². The van der Waals surface area contributed by atoms with Gasteiger partial charge in [0.2, 0.25) is 0 Å². The summed E-state index contributed by atoms with van der Waals surface area (Å²) in [6.45, 7) is 4.73. The van der Waals surface area contributed by atoms with Crippen LogP contribution in [0.15, 0.2) is 4.99 Å². The molecule has 0 bridgehead atoms. The van der Waals surface area contributed by atoms with Crippen LogP contribution in [0.3, 0.4) is 0 Å². The van der Waals surface area contributed by atoms with Crippen molar-refractivity contribution in [1.82, 2.24) is 4.90 Å². The number of hydrogen-bond donors (Lipinski definition) is 1. The zero-order valence-electron chi connectivity index (χ0n) is 11.0. The summed E-state index contributed by atoms with van der Waals surface area (Å²) >= 11 is 0. The Balaban J connectivity index is 1.61. The number of amidine groups is 1. The van der Waals surface area contributed by atoms with Gasteiger partial charge in [0.05, 0.1) is 5.84 Å². The molecule has 1 saturated carbocycles. The lowest BCUT2D eigenvalue weighted by Gasteiger charge is -2.21. The highest BCUT2D eigenvalue weighted by Crippen LogP contribution is 2.23. The average molecular weight is 237 g/mol. The van der Waals surface area contributed by atoms with Crippen molar-refractivity contribution >= 4 is 5.84 Å². The second kappa shape index (κ2) is 7.00. The summed E-state index contributed by atoms with van der Waals surface area (Å²) in [5, 5.41) is 0. The van der Waals surface area contributed by atoms with Crippen LogP contribution in [0.2, 0.25) is 0 Å². The molecule has 0 atom stereocenters. The molecule has 17 heavy (non-hydrogen) atoms. The van der Waals surface area contributed by atoms with Crippen molar-refractivity contribution in [2.45, 2.75) is 51.4 Å². The molecule has 98 valence electrons. The molecular formula is C14H27N3. The molecule has 0 radical (unpaired) electrons. The summed E-state index contributed by atoms with van der Waals surface area (Å²) in [4.78, 5) is 7.12. The van der Waals surface area contributed by atoms with Gasteiger partial charge in [-0.05, 0) is 51.7 Å². The maximum absolute atomic E-state index is 6.08. The van der Waals surface area contributed by atoms with Gasteiger partial charge in [-0.3, -0.25) is 4.99 Å². The molecule has 1 heterocycles. The van der Waals surface area contributed by atoms with Crippen LogP contribution in [-0.2, 0) is 0 Å². The number of rotatable bonds is 5. The summed E-state index contributed by atoms with van der Waals surface area (Å²) in [5.74, 6) is 1.53. The Morgan fingerprint density at radius 3 is 2.47 bits per heavy atom. The molecule has 0 aromatic rings. The Labute approximate surface area is 105 Å². The predicted octanol–water partition coefficient (Wildman–Crippen LogP) is 2.41. The summed E-state index contributed by atoms with van der Waals surface area (Å²) in [7, 11) is 0. The van der Waals surface area contributed by atoms with Crippen molar-refractivity contribution < 1.29 is 0 Å². The van der Waals surface area contributed by atoms with E-state index in [-0.39, 0.29) is 0 Å². The molecule has 3 heteroatoms. The van der Waals surface area contributed by atoms with Crippen molar-refractivity contribution in [2.75, 3.05) is 26.2 Å². The van der Waals surface area contributed by atoms with E-state index in [2.05, 4.69) is 9.89 Å². The molecule has 0 aromatic heterocycles. The van der Waals surface area contributed by atoms with Crippen LogP contribution >= 0.6 is 0 Å². The van der Waals surface area contributed by atoms with Crippen LogP contribution in [0.4, 0.5) is 0 Å². The van der Waals surface area contributed by atoms with Crippen molar-refractivity contribution in [2.24, 2.45) is 16.6 Å². The highest BCUT2D eigenvalue weighted by atomic mass is 15.1. The molecule has 1 aliphatic heterocycles. The Morgan fingerprint density at radius 2 is 1.76 bits per heavy atom. The third-order valence-corrected chi connectivity index (χ3v) is 4.15. The molecule has 1 saturated heterocycles. The van der Waals surface area contributed by atoms with Gasteiger partial charge in [0, 0.05) is 12.5 Å². The fourth-order valence-electron chi connectivity index (χ4n) is 3.04. The predicted molar refractivity (Wildman–Crippen MR) is 73.4 cm³/mol. The van der Waals surface area contributed by atoms with Crippen LogP contribution in [0.1, 0.15) is 51.4 Å². The van der Waals surface area contributed by atoms with E-state index >= 15 is 0 Å². The standard InChI is InChI=1S/C14H27N3/c15-14(13-7-2-1-3-8-13)16-9-6-12-17-10-4-5-11-17/h13H,1-12H2,(H2,15,16). The van der Waals surface area contributed by atoms with E-state index in [0.717, 1.165) is 12.4 Å². The van der Waals surface area contributed by atoms with Gasteiger partial charge in [0.15, 0.2) is 0 Å². The zero-order chi connectivity index (χ0) is 11.9. The van der Waals surface area contributed by atoms with E-state index in [1.807, 2.05) is 0 Å². The zero-order valence-corrected chi connectivity index (χ0v) is 11.0. The van der Waals surface area contributed by atoms with E-state index in [0.29, 0.717) is 5.92 Å². The quantitative estimate of drug-likeness (QED) is 0.453. The number of nitrogens with two attached hydrogens (primary N) is 1. The van der Waals surface area contributed by atoms with Crippen molar-refractivity contribution in [3.05, 3.63) is 0 Å². The van der Waals surface area contributed by atoms with Gasteiger partial charge in [-0.2, -0.15) is 0 Å². The average Bonchev–Trinajstić information content (AvgIpc) is 2.88. The SMILES string of the molecule is NC(=NCCCN1CCCC1)C1CCCCC1. The first-order chi connectivity index (χ1) is 8.36. The lowest BCUT2D eigenvalue weighted by molar-refractivity contribution is 0.336. The molecule has 2 N–H and O–H groups in total. The molecule has 0 spiro atoms. The van der Waals surface area contributed by atoms with Gasteiger partial charge in [0.1, 0.15) is 0 Å². The molecule has 0 amide bonds. The molecule has 1 aliphatic carbocycles. The third-order valence-electron chi connectivity index (χ3n) is 4.15. The Kier molecular flexibility index (Phi) is 5.30. The minimum atomic E-state index is 0.593. The molecule has 2 aliphatic rings. The molecule has 3 nitrogen and oxygen atoms in total. The minimum absolute atomic E-state index is 0.593. The summed E-state index contributed by atoms with van der Waals surface area (Å²) in [5.41, 5.74) is 6.08. The molecule has 2 rings (SSSR count). The van der Waals surface area contributed by atoms with E-state index in [9.17, 15) is 0 Å². The highest BCUT2D eigenvalue weighted by molar-refractivity contribution is 5.82. The fraction of sp³-hybridized carbons (Fsp3) is 0.929. The summed E-state index contributed by atoms with van der Waals surface area (Å²) in [6.07, 6.45) is 10.5. The van der Waals surface area contributed by atoms with Gasteiger partial charge in [0.25, 0.3) is 0 Å². The Hall–Kier alpha value is -0.570. The van der Waals surface area contributed by atoms with E-state index in [4.69, 9.17) is 5.73 Å². The smallest absolute Gasteiger partial charge is 0.0968 e. The summed E-state index contributed by atoms with van der Waals surface area (Å²) in [6, 6.07) is 0. The maximum atomic E-state index is 6.08. The first-order valence-corrected chi connectivity index (χ1v) is 7.38. The molecule has 2 fully saturated rings. The Morgan fingerprint density at radius 1 is 1.06 bits per heavy atom. The molecule has 0 aromatic carbocycles. The Bertz CT molecular complexity index is 238. The maximum Gasteiger partial charge on any atom is 0.0968 e. The lowest BCUT2D eigenvalue weighted by atomic mass is 9.88. The fourth-order valence-corrected chi connectivity index (χ4v) is 3.04. The van der Waals surface area contributed by atoms with E-state index in [1.165, 1.54) is 71.0 Å². The second-order valence-electron chi connectivity index (χ2n) is 5.54. The van der Waals surface area contributed by atoms with Gasteiger partial charge in [-0.25, -0.2) is 0 Å². The first-order valence-electron chi connectivity index (χ1n) is 7.38. The van der Waals surface area contributed by atoms with Crippen LogP contribution in [0.5, 0.6) is 0 Å². The number of nitrogens with zero attached hydrogens (tertiary/aromatic N) is 2. The second-order valence-corrected chi connectivity index (χ2v) is 5.54. The molecular weight excluding hydrogens is 210 g/mol. The largest absolute Gasteiger partial charge is 0.387 e. The van der Waals surface area contributed by atoms with Gasteiger partial charge in [-0.15, -0.1) is 0 Å². The van der Waals surface area contributed by atoms with Crippen LogP contribution in [0.25, 0.3) is 0 Å².